The molecule has 1 aliphatic rings. The number of amides is 1. The van der Waals surface area contributed by atoms with Crippen LogP contribution in [-0.2, 0) is 4.74 Å². The lowest BCUT2D eigenvalue weighted by molar-refractivity contribution is 0.114. The zero-order chi connectivity index (χ0) is 13.5. The van der Waals surface area contributed by atoms with E-state index in [0.29, 0.717) is 6.54 Å². The van der Waals surface area contributed by atoms with Crippen LogP contribution in [0.4, 0.5) is 4.79 Å². The molecule has 0 radical (unpaired) electrons. The summed E-state index contributed by atoms with van der Waals surface area (Å²) in [6, 6.07) is 0.0877. The van der Waals surface area contributed by atoms with E-state index in [1.165, 1.54) is 0 Å². The molecule has 2 atom stereocenters. The average molecular weight is 270 g/mol. The Kier molecular flexibility index (Phi) is 6.29. The van der Waals surface area contributed by atoms with E-state index in [1.54, 1.807) is 11.0 Å². The van der Waals surface area contributed by atoms with E-state index in [0.717, 1.165) is 13.0 Å². The van der Waals surface area contributed by atoms with E-state index in [-0.39, 0.29) is 24.0 Å². The highest BCUT2D eigenvalue weighted by Gasteiger charge is 2.32. The minimum atomic E-state index is -0.286. The molecule has 1 heterocycles. The van der Waals surface area contributed by atoms with E-state index in [1.807, 2.05) is 14.1 Å². The summed E-state index contributed by atoms with van der Waals surface area (Å²) in [6.45, 7) is 5.28. The van der Waals surface area contributed by atoms with Gasteiger partial charge in [-0.25, -0.2) is 4.79 Å². The lowest BCUT2D eigenvalue weighted by Gasteiger charge is -2.21. The fourth-order valence-corrected chi connectivity index (χ4v) is 2.27. The van der Waals surface area contributed by atoms with Gasteiger partial charge in [-0.2, -0.15) is 12.6 Å². The monoisotopic (exact) mass is 270 g/mol. The highest BCUT2D eigenvalue weighted by Crippen LogP contribution is 2.23. The summed E-state index contributed by atoms with van der Waals surface area (Å²) in [6.07, 6.45) is 6.29. The molecule has 1 amide bonds. The van der Waals surface area contributed by atoms with Gasteiger partial charge in [0.05, 0.1) is 6.04 Å². The molecule has 0 aliphatic carbocycles. The van der Waals surface area contributed by atoms with Gasteiger partial charge in [-0.3, -0.25) is 0 Å². The quantitative estimate of drug-likeness (QED) is 0.611. The van der Waals surface area contributed by atoms with Crippen LogP contribution in [0.2, 0.25) is 0 Å². The van der Waals surface area contributed by atoms with Crippen LogP contribution in [-0.4, -0.2) is 61.0 Å². The lowest BCUT2D eigenvalue weighted by atomic mass is 10.2. The molecule has 1 fully saturated rings. The molecule has 102 valence electrons. The zero-order valence-electron chi connectivity index (χ0n) is 11.1. The topological polar surface area (TPSA) is 32.8 Å². The maximum atomic E-state index is 11.8. The van der Waals surface area contributed by atoms with Gasteiger partial charge in [-0.15, -0.1) is 0 Å². The van der Waals surface area contributed by atoms with Crippen molar-refractivity contribution in [2.75, 3.05) is 33.8 Å². The summed E-state index contributed by atoms with van der Waals surface area (Å²) in [5.41, 5.74) is 0. The smallest absolute Gasteiger partial charge is 0.410 e. The first-order valence-corrected chi connectivity index (χ1v) is 6.60. The third-order valence-electron chi connectivity index (χ3n) is 2.71. The summed E-state index contributed by atoms with van der Waals surface area (Å²) < 4.78 is 5.07. The second-order valence-electron chi connectivity index (χ2n) is 4.67. The minimum Gasteiger partial charge on any atom is -0.445 e. The molecule has 1 saturated heterocycles. The van der Waals surface area contributed by atoms with E-state index < -0.39 is 0 Å². The van der Waals surface area contributed by atoms with Crippen LogP contribution < -0.4 is 0 Å². The Morgan fingerprint density at radius 3 is 2.94 bits per heavy atom. The average Bonchev–Trinajstić information content (AvgIpc) is 2.67. The predicted molar refractivity (Wildman–Crippen MR) is 77.1 cm³/mol. The fourth-order valence-electron chi connectivity index (χ4n) is 1.88. The molecule has 0 bridgehead atoms. The Bertz CT molecular complexity index is 318. The minimum absolute atomic E-state index is 0.0877. The molecule has 0 unspecified atom stereocenters. The molecule has 4 nitrogen and oxygen atoms in total. The van der Waals surface area contributed by atoms with Crippen molar-refractivity contribution in [3.8, 4) is 0 Å². The van der Waals surface area contributed by atoms with Gasteiger partial charge in [0.15, 0.2) is 0 Å². The van der Waals surface area contributed by atoms with Gasteiger partial charge in [0.25, 0.3) is 0 Å². The second-order valence-corrected chi connectivity index (χ2v) is 5.40. The van der Waals surface area contributed by atoms with Crippen molar-refractivity contribution in [1.29, 1.82) is 0 Å². The molecule has 0 aromatic carbocycles. The molecule has 0 N–H and O–H groups in total. The Labute approximate surface area is 115 Å². The molecule has 5 heteroatoms. The molecule has 18 heavy (non-hydrogen) atoms. The van der Waals surface area contributed by atoms with Crippen molar-refractivity contribution >= 4 is 18.7 Å². The summed E-state index contributed by atoms with van der Waals surface area (Å²) in [5.74, 6) is 0. The number of likely N-dealkylation sites (tertiary alicyclic amines) is 1. The first-order chi connectivity index (χ1) is 8.54. The van der Waals surface area contributed by atoms with Crippen molar-refractivity contribution < 1.29 is 9.53 Å². The van der Waals surface area contributed by atoms with Gasteiger partial charge in [-0.05, 0) is 20.5 Å². The molecule has 1 aliphatic heterocycles. The van der Waals surface area contributed by atoms with Crippen molar-refractivity contribution in [2.24, 2.45) is 0 Å². The van der Waals surface area contributed by atoms with Crippen LogP contribution in [0, 0.1) is 0 Å². The van der Waals surface area contributed by atoms with Crippen molar-refractivity contribution in [3.05, 3.63) is 24.8 Å². The third kappa shape index (κ3) is 4.74. The van der Waals surface area contributed by atoms with E-state index in [9.17, 15) is 4.79 Å². The number of hydrogen-bond donors (Lipinski definition) is 1. The molecule has 0 spiro atoms. The normalized spacial score (nSPS) is 23.9. The fraction of sp³-hybridized carbons (Fsp3) is 0.615. The van der Waals surface area contributed by atoms with Gasteiger partial charge >= 0.3 is 6.09 Å². The number of ether oxygens (including phenoxy) is 1. The van der Waals surface area contributed by atoms with Crippen molar-refractivity contribution in [3.63, 3.8) is 0 Å². The van der Waals surface area contributed by atoms with Crippen LogP contribution >= 0.6 is 12.6 Å². The summed E-state index contributed by atoms with van der Waals surface area (Å²) >= 11 is 4.45. The number of rotatable bonds is 5. The van der Waals surface area contributed by atoms with Gasteiger partial charge in [0.2, 0.25) is 0 Å². The van der Waals surface area contributed by atoms with E-state index in [4.69, 9.17) is 4.74 Å². The van der Waals surface area contributed by atoms with Gasteiger partial charge in [0, 0.05) is 18.3 Å². The SMILES string of the molecule is C=CCOC(=O)N1C[C@@H](S)C[C@H]1/C=C\CN(C)C. The summed E-state index contributed by atoms with van der Waals surface area (Å²) in [7, 11) is 4.02. The number of hydrogen-bond acceptors (Lipinski definition) is 4. The van der Waals surface area contributed by atoms with Gasteiger partial charge in [0.1, 0.15) is 6.61 Å². The first kappa shape index (κ1) is 15.1. The number of thiol groups is 1. The van der Waals surface area contributed by atoms with Crippen molar-refractivity contribution in [2.45, 2.75) is 17.7 Å². The molecular weight excluding hydrogens is 248 g/mol. The van der Waals surface area contributed by atoms with Crippen molar-refractivity contribution in [1.82, 2.24) is 9.80 Å². The molecule has 1 rings (SSSR count). The third-order valence-corrected chi connectivity index (χ3v) is 3.08. The Balaban J connectivity index is 2.55. The standard InChI is InChI=1S/C13H22N2O2S/c1-4-8-17-13(16)15-10-12(18)9-11(15)6-5-7-14(2)3/h4-6,11-12,18H,1,7-10H2,2-3H3/b6-5-/t11-,12+/m1/s1. The van der Waals surface area contributed by atoms with Crippen LogP contribution in [0.3, 0.4) is 0 Å². The highest BCUT2D eigenvalue weighted by atomic mass is 32.1. The number of likely N-dealkylation sites (N-methyl/N-ethyl adjacent to an activating group) is 1. The van der Waals surface area contributed by atoms with Gasteiger partial charge < -0.3 is 14.5 Å². The Morgan fingerprint density at radius 2 is 2.33 bits per heavy atom. The maximum absolute atomic E-state index is 11.8. The second kappa shape index (κ2) is 7.48. The van der Waals surface area contributed by atoms with Crippen LogP contribution in [0.25, 0.3) is 0 Å². The molecule has 0 saturated carbocycles. The Morgan fingerprint density at radius 1 is 1.61 bits per heavy atom. The van der Waals surface area contributed by atoms with E-state index >= 15 is 0 Å². The number of carbonyl (C=O) groups excluding carboxylic acids is 1. The lowest BCUT2D eigenvalue weighted by Crippen LogP contribution is -2.35. The number of carbonyl (C=O) groups is 1. The summed E-state index contributed by atoms with van der Waals surface area (Å²) in [4.78, 5) is 15.6. The predicted octanol–water partition coefficient (Wildman–Crippen LogP) is 1.80. The van der Waals surface area contributed by atoms with Crippen LogP contribution in [0.1, 0.15) is 6.42 Å². The van der Waals surface area contributed by atoms with Crippen LogP contribution in [0.15, 0.2) is 24.8 Å². The van der Waals surface area contributed by atoms with E-state index in [2.05, 4.69) is 36.3 Å². The first-order valence-electron chi connectivity index (χ1n) is 6.08. The summed E-state index contributed by atoms with van der Waals surface area (Å²) in [5, 5.41) is 0.218. The zero-order valence-corrected chi connectivity index (χ0v) is 12.0. The molecule has 0 aromatic rings. The molecule has 0 aromatic heterocycles. The molecular formula is C13H22N2O2S. The number of nitrogens with zero attached hydrogens (tertiary/aromatic N) is 2. The maximum Gasteiger partial charge on any atom is 0.410 e. The van der Waals surface area contributed by atoms with Crippen LogP contribution in [0.5, 0.6) is 0 Å². The highest BCUT2D eigenvalue weighted by molar-refractivity contribution is 7.81. The largest absolute Gasteiger partial charge is 0.445 e. The Hall–Kier alpha value is -0.940. The van der Waals surface area contributed by atoms with Gasteiger partial charge in [-0.1, -0.05) is 24.8 Å².